The molecule has 0 radical (unpaired) electrons. The third kappa shape index (κ3) is 2.58. The molecule has 1 aromatic carbocycles. The zero-order valence-electron chi connectivity index (χ0n) is 8.21. The highest BCUT2D eigenvalue weighted by Crippen LogP contribution is 2.24. The third-order valence-corrected chi connectivity index (χ3v) is 2.86. The van der Waals surface area contributed by atoms with Crippen LogP contribution >= 0.6 is 11.6 Å². The topological polar surface area (TPSA) is 20.2 Å². The Bertz CT molecular complexity index is 401. The predicted molar refractivity (Wildman–Crippen MR) is 58.4 cm³/mol. The molecule has 0 heterocycles. The van der Waals surface area contributed by atoms with Crippen LogP contribution in [0.2, 0.25) is 5.02 Å². The van der Waals surface area contributed by atoms with Crippen LogP contribution in [0.15, 0.2) is 29.8 Å². The molecule has 0 spiro atoms. The van der Waals surface area contributed by atoms with Crippen molar-refractivity contribution in [3.63, 3.8) is 0 Å². The number of aliphatic hydroxyl groups excluding tert-OH is 1. The van der Waals surface area contributed by atoms with E-state index in [-0.39, 0.29) is 11.9 Å². The number of halogens is 2. The molecule has 1 aromatic rings. The van der Waals surface area contributed by atoms with Crippen molar-refractivity contribution in [3.8, 4) is 0 Å². The summed E-state index contributed by atoms with van der Waals surface area (Å²) in [4.78, 5) is 0. The summed E-state index contributed by atoms with van der Waals surface area (Å²) < 4.78 is 13.4. The molecular formula is C12H12ClFO. The molecule has 1 aliphatic carbocycles. The minimum atomic E-state index is -0.352. The first-order valence-corrected chi connectivity index (χ1v) is 5.34. The molecule has 0 fully saturated rings. The summed E-state index contributed by atoms with van der Waals surface area (Å²) in [5, 5.41) is 9.71. The van der Waals surface area contributed by atoms with Crippen LogP contribution in [-0.2, 0) is 6.42 Å². The lowest BCUT2D eigenvalue weighted by Gasteiger charge is -2.04. The van der Waals surface area contributed by atoms with Crippen molar-refractivity contribution in [2.45, 2.75) is 25.4 Å². The molecule has 1 nitrogen and oxygen atoms in total. The first-order chi connectivity index (χ1) is 7.15. The molecule has 0 saturated carbocycles. The van der Waals surface area contributed by atoms with E-state index in [0.29, 0.717) is 17.0 Å². The quantitative estimate of drug-likeness (QED) is 0.769. The minimum Gasteiger partial charge on any atom is -0.389 e. The van der Waals surface area contributed by atoms with Gasteiger partial charge in [-0.1, -0.05) is 29.3 Å². The molecule has 0 aromatic heterocycles. The van der Waals surface area contributed by atoms with Gasteiger partial charge in [0.05, 0.1) is 6.10 Å². The van der Waals surface area contributed by atoms with Crippen molar-refractivity contribution in [3.05, 3.63) is 46.3 Å². The average molecular weight is 227 g/mol. The van der Waals surface area contributed by atoms with Crippen molar-refractivity contribution in [1.29, 1.82) is 0 Å². The third-order valence-electron chi connectivity index (χ3n) is 2.62. The van der Waals surface area contributed by atoms with Gasteiger partial charge in [-0.2, -0.15) is 0 Å². The fourth-order valence-corrected chi connectivity index (χ4v) is 1.99. The number of aliphatic hydroxyl groups is 1. The van der Waals surface area contributed by atoms with E-state index >= 15 is 0 Å². The Kier molecular flexibility index (Phi) is 3.08. The zero-order valence-corrected chi connectivity index (χ0v) is 8.97. The summed E-state index contributed by atoms with van der Waals surface area (Å²) in [6.07, 6.45) is 3.64. The Labute approximate surface area is 93.2 Å². The smallest absolute Gasteiger partial charge is 0.128 e. The molecular weight excluding hydrogens is 215 g/mol. The maximum Gasteiger partial charge on any atom is 0.128 e. The number of rotatable bonds is 2. The molecule has 80 valence electrons. The second-order valence-corrected chi connectivity index (χ2v) is 4.28. The fourth-order valence-electron chi connectivity index (χ4n) is 1.83. The largest absolute Gasteiger partial charge is 0.389 e. The first-order valence-electron chi connectivity index (χ1n) is 4.97. The Balaban J connectivity index is 2.14. The Morgan fingerprint density at radius 2 is 2.27 bits per heavy atom. The average Bonchev–Trinajstić information content (AvgIpc) is 2.56. The second kappa shape index (κ2) is 4.33. The number of allylic oxidation sites excluding steroid dienone is 1. The lowest BCUT2D eigenvalue weighted by atomic mass is 10.0. The summed E-state index contributed by atoms with van der Waals surface area (Å²) >= 11 is 5.66. The summed E-state index contributed by atoms with van der Waals surface area (Å²) in [6, 6.07) is 4.71. The SMILES string of the molecule is OC1C=C(Cc2ccc(Cl)cc2F)CC1. The molecule has 0 aliphatic heterocycles. The predicted octanol–water partition coefficient (Wildman–Crippen LogP) is 3.10. The highest BCUT2D eigenvalue weighted by Gasteiger charge is 2.14. The van der Waals surface area contributed by atoms with E-state index in [1.807, 2.05) is 6.08 Å². The standard InChI is InChI=1S/C12H12ClFO/c13-10-3-2-9(12(14)7-10)5-8-1-4-11(15)6-8/h2-3,6-7,11,15H,1,4-5H2. The highest BCUT2D eigenvalue weighted by molar-refractivity contribution is 6.30. The lowest BCUT2D eigenvalue weighted by Crippen LogP contribution is -1.93. The number of benzene rings is 1. The molecule has 1 atom stereocenters. The normalized spacial score (nSPS) is 20.5. The van der Waals surface area contributed by atoms with Gasteiger partial charge in [0.1, 0.15) is 5.82 Å². The highest BCUT2D eigenvalue weighted by atomic mass is 35.5. The molecule has 0 bridgehead atoms. The van der Waals surface area contributed by atoms with Gasteiger partial charge in [-0.3, -0.25) is 0 Å². The van der Waals surface area contributed by atoms with E-state index in [4.69, 9.17) is 11.6 Å². The maximum absolute atomic E-state index is 13.4. The van der Waals surface area contributed by atoms with Crippen molar-refractivity contribution in [2.24, 2.45) is 0 Å². The summed E-state index contributed by atoms with van der Waals surface area (Å²) in [6.45, 7) is 0. The summed E-state index contributed by atoms with van der Waals surface area (Å²) in [7, 11) is 0. The van der Waals surface area contributed by atoms with Gasteiger partial charge in [-0.05, 0) is 37.0 Å². The van der Waals surface area contributed by atoms with Gasteiger partial charge in [-0.25, -0.2) is 4.39 Å². The van der Waals surface area contributed by atoms with Crippen LogP contribution in [0.1, 0.15) is 18.4 Å². The fraction of sp³-hybridized carbons (Fsp3) is 0.333. The van der Waals surface area contributed by atoms with E-state index < -0.39 is 0 Å². The van der Waals surface area contributed by atoms with Crippen molar-refractivity contribution in [2.75, 3.05) is 0 Å². The van der Waals surface area contributed by atoms with Crippen LogP contribution in [-0.4, -0.2) is 11.2 Å². The minimum absolute atomic E-state index is 0.273. The summed E-state index contributed by atoms with van der Waals surface area (Å²) in [5.74, 6) is -0.273. The van der Waals surface area contributed by atoms with Crippen LogP contribution in [0, 0.1) is 5.82 Å². The van der Waals surface area contributed by atoms with Crippen LogP contribution in [0.25, 0.3) is 0 Å². The van der Waals surface area contributed by atoms with E-state index in [0.717, 1.165) is 18.4 Å². The van der Waals surface area contributed by atoms with Crippen LogP contribution in [0.3, 0.4) is 0 Å². The number of hydrogen-bond acceptors (Lipinski definition) is 1. The monoisotopic (exact) mass is 226 g/mol. The Hall–Kier alpha value is -0.860. The molecule has 1 unspecified atom stereocenters. The molecule has 0 amide bonds. The van der Waals surface area contributed by atoms with E-state index in [2.05, 4.69) is 0 Å². The van der Waals surface area contributed by atoms with Crippen LogP contribution in [0.5, 0.6) is 0 Å². The maximum atomic E-state index is 13.4. The lowest BCUT2D eigenvalue weighted by molar-refractivity contribution is 0.223. The van der Waals surface area contributed by atoms with Gasteiger partial charge in [0.25, 0.3) is 0 Å². The van der Waals surface area contributed by atoms with E-state index in [1.54, 1.807) is 12.1 Å². The van der Waals surface area contributed by atoms with Gasteiger partial charge >= 0.3 is 0 Å². The van der Waals surface area contributed by atoms with Gasteiger partial charge < -0.3 is 5.11 Å². The molecule has 2 rings (SSSR count). The summed E-state index contributed by atoms with van der Waals surface area (Å²) in [5.41, 5.74) is 1.74. The molecule has 3 heteroatoms. The van der Waals surface area contributed by atoms with Crippen molar-refractivity contribution >= 4 is 11.6 Å². The van der Waals surface area contributed by atoms with Gasteiger partial charge in [-0.15, -0.1) is 0 Å². The Morgan fingerprint density at radius 1 is 1.47 bits per heavy atom. The number of hydrogen-bond donors (Lipinski definition) is 1. The zero-order chi connectivity index (χ0) is 10.8. The van der Waals surface area contributed by atoms with Crippen molar-refractivity contribution in [1.82, 2.24) is 0 Å². The first kappa shape index (κ1) is 10.7. The van der Waals surface area contributed by atoms with E-state index in [9.17, 15) is 9.50 Å². The van der Waals surface area contributed by atoms with Crippen LogP contribution in [0.4, 0.5) is 4.39 Å². The van der Waals surface area contributed by atoms with Crippen molar-refractivity contribution < 1.29 is 9.50 Å². The van der Waals surface area contributed by atoms with Gasteiger partial charge in [0, 0.05) is 5.02 Å². The van der Waals surface area contributed by atoms with Gasteiger partial charge in [0.15, 0.2) is 0 Å². The molecule has 15 heavy (non-hydrogen) atoms. The van der Waals surface area contributed by atoms with E-state index in [1.165, 1.54) is 6.07 Å². The Morgan fingerprint density at radius 3 is 2.87 bits per heavy atom. The molecule has 1 aliphatic rings. The molecule has 1 N–H and O–H groups in total. The van der Waals surface area contributed by atoms with Crippen LogP contribution < -0.4 is 0 Å². The van der Waals surface area contributed by atoms with Gasteiger partial charge in [0.2, 0.25) is 0 Å². The second-order valence-electron chi connectivity index (χ2n) is 3.84. The molecule has 0 saturated heterocycles.